The Labute approximate surface area is 115 Å². The molecule has 0 radical (unpaired) electrons. The zero-order chi connectivity index (χ0) is 13.4. The number of amides is 1. The molecule has 3 rings (SSSR count). The van der Waals surface area contributed by atoms with Gasteiger partial charge in [-0.15, -0.1) is 11.3 Å². The van der Waals surface area contributed by atoms with Gasteiger partial charge in [-0.2, -0.15) is 0 Å². The second-order valence-electron chi connectivity index (χ2n) is 4.76. The largest absolute Gasteiger partial charge is 0.296 e. The zero-order valence-corrected chi connectivity index (χ0v) is 11.6. The summed E-state index contributed by atoms with van der Waals surface area (Å²) in [4.78, 5) is 26.1. The van der Waals surface area contributed by atoms with Crippen LogP contribution in [0.15, 0.2) is 12.3 Å². The monoisotopic (exact) mass is 274 g/mol. The van der Waals surface area contributed by atoms with Gasteiger partial charge in [0.1, 0.15) is 11.5 Å². The SMILES string of the molecule is Cc1cc(C(=O)Nc2ncc(C)s2)nc(C2CC2)n1. The molecule has 0 saturated heterocycles. The van der Waals surface area contributed by atoms with Crippen LogP contribution in [0.25, 0.3) is 0 Å². The number of aromatic nitrogens is 3. The number of aryl methyl sites for hydroxylation is 2. The molecule has 1 aliphatic carbocycles. The Morgan fingerprint density at radius 1 is 1.37 bits per heavy atom. The van der Waals surface area contributed by atoms with Gasteiger partial charge in [-0.1, -0.05) is 0 Å². The first-order chi connectivity index (χ1) is 9.11. The van der Waals surface area contributed by atoms with Crippen molar-refractivity contribution in [2.75, 3.05) is 5.32 Å². The summed E-state index contributed by atoms with van der Waals surface area (Å²) in [5.74, 6) is 1.01. The quantitative estimate of drug-likeness (QED) is 0.934. The lowest BCUT2D eigenvalue weighted by molar-refractivity contribution is 0.102. The minimum Gasteiger partial charge on any atom is -0.296 e. The van der Waals surface area contributed by atoms with E-state index in [0.717, 1.165) is 29.2 Å². The van der Waals surface area contributed by atoms with Crippen molar-refractivity contribution in [3.05, 3.63) is 34.4 Å². The lowest BCUT2D eigenvalue weighted by atomic mass is 10.3. The molecule has 6 heteroatoms. The van der Waals surface area contributed by atoms with Gasteiger partial charge in [0, 0.05) is 22.7 Å². The summed E-state index contributed by atoms with van der Waals surface area (Å²) in [6.07, 6.45) is 3.98. The number of nitrogens with one attached hydrogen (secondary N) is 1. The van der Waals surface area contributed by atoms with Gasteiger partial charge < -0.3 is 0 Å². The molecule has 19 heavy (non-hydrogen) atoms. The fourth-order valence-electron chi connectivity index (χ4n) is 1.81. The lowest BCUT2D eigenvalue weighted by Gasteiger charge is -2.04. The highest BCUT2D eigenvalue weighted by Crippen LogP contribution is 2.38. The number of rotatable bonds is 3. The Bertz CT molecular complexity index is 633. The molecule has 0 aliphatic heterocycles. The van der Waals surface area contributed by atoms with Gasteiger partial charge in [0.2, 0.25) is 0 Å². The fourth-order valence-corrected chi connectivity index (χ4v) is 2.47. The Morgan fingerprint density at radius 2 is 2.16 bits per heavy atom. The maximum Gasteiger partial charge on any atom is 0.276 e. The number of carbonyl (C=O) groups is 1. The molecule has 0 atom stereocenters. The molecule has 1 fully saturated rings. The van der Waals surface area contributed by atoms with Crippen LogP contribution in [-0.2, 0) is 0 Å². The molecular weight excluding hydrogens is 260 g/mol. The Balaban J connectivity index is 1.82. The van der Waals surface area contributed by atoms with E-state index < -0.39 is 0 Å². The summed E-state index contributed by atoms with van der Waals surface area (Å²) in [5, 5.41) is 3.37. The number of carbonyl (C=O) groups excluding carboxylic acids is 1. The molecule has 1 saturated carbocycles. The minimum absolute atomic E-state index is 0.221. The van der Waals surface area contributed by atoms with Crippen LogP contribution in [0.3, 0.4) is 0 Å². The highest BCUT2D eigenvalue weighted by atomic mass is 32.1. The molecule has 0 spiro atoms. The highest BCUT2D eigenvalue weighted by molar-refractivity contribution is 7.15. The molecule has 0 unspecified atom stereocenters. The van der Waals surface area contributed by atoms with Crippen molar-refractivity contribution in [2.24, 2.45) is 0 Å². The molecule has 1 N–H and O–H groups in total. The number of thiazole rings is 1. The molecule has 2 aromatic heterocycles. The van der Waals surface area contributed by atoms with Crippen LogP contribution in [-0.4, -0.2) is 20.9 Å². The van der Waals surface area contributed by atoms with Crippen molar-refractivity contribution in [3.63, 3.8) is 0 Å². The van der Waals surface area contributed by atoms with Gasteiger partial charge in [-0.25, -0.2) is 15.0 Å². The van der Waals surface area contributed by atoms with Gasteiger partial charge in [-0.3, -0.25) is 10.1 Å². The van der Waals surface area contributed by atoms with Crippen molar-refractivity contribution in [1.82, 2.24) is 15.0 Å². The van der Waals surface area contributed by atoms with Crippen molar-refractivity contribution < 1.29 is 4.79 Å². The third-order valence-corrected chi connectivity index (χ3v) is 3.72. The van der Waals surface area contributed by atoms with Crippen LogP contribution in [0.2, 0.25) is 0 Å². The predicted octanol–water partition coefficient (Wildman–Crippen LogP) is 2.68. The smallest absolute Gasteiger partial charge is 0.276 e. The van der Waals surface area contributed by atoms with Gasteiger partial charge >= 0.3 is 0 Å². The van der Waals surface area contributed by atoms with Crippen LogP contribution in [0.5, 0.6) is 0 Å². The summed E-state index contributed by atoms with van der Waals surface area (Å²) in [6.45, 7) is 3.84. The fraction of sp³-hybridized carbons (Fsp3) is 0.385. The van der Waals surface area contributed by atoms with E-state index in [-0.39, 0.29) is 5.91 Å². The minimum atomic E-state index is -0.221. The van der Waals surface area contributed by atoms with Crippen LogP contribution in [0.1, 0.15) is 45.6 Å². The van der Waals surface area contributed by atoms with E-state index in [1.165, 1.54) is 11.3 Å². The molecular formula is C13H14N4OS. The molecule has 1 aliphatic rings. The van der Waals surface area contributed by atoms with E-state index in [0.29, 0.717) is 16.7 Å². The summed E-state index contributed by atoms with van der Waals surface area (Å²) in [6, 6.07) is 1.71. The standard InChI is InChI=1S/C13H14N4OS/c1-7-5-10(16-11(15-7)9-3-4-9)12(18)17-13-14-6-8(2)19-13/h5-6,9H,3-4H2,1-2H3,(H,14,17,18). The highest BCUT2D eigenvalue weighted by Gasteiger charge is 2.27. The first kappa shape index (κ1) is 12.2. The van der Waals surface area contributed by atoms with E-state index in [4.69, 9.17) is 0 Å². The summed E-state index contributed by atoms with van der Waals surface area (Å²) >= 11 is 1.45. The number of hydrogen-bond donors (Lipinski definition) is 1. The van der Waals surface area contributed by atoms with Crippen molar-refractivity contribution in [1.29, 1.82) is 0 Å². The number of hydrogen-bond acceptors (Lipinski definition) is 5. The normalized spacial score (nSPS) is 14.4. The average molecular weight is 274 g/mol. The molecule has 2 aromatic rings. The summed E-state index contributed by atoms with van der Waals surface area (Å²) in [5.41, 5.74) is 1.25. The van der Waals surface area contributed by atoms with Crippen molar-refractivity contribution >= 4 is 22.4 Å². The second kappa shape index (κ2) is 4.70. The summed E-state index contributed by atoms with van der Waals surface area (Å²) < 4.78 is 0. The number of nitrogens with zero attached hydrogens (tertiary/aromatic N) is 3. The number of anilines is 1. The molecule has 98 valence electrons. The molecule has 0 bridgehead atoms. The van der Waals surface area contributed by atoms with Gasteiger partial charge in [-0.05, 0) is 32.8 Å². The molecule has 2 heterocycles. The zero-order valence-electron chi connectivity index (χ0n) is 10.8. The maximum absolute atomic E-state index is 12.1. The first-order valence-corrected chi connectivity index (χ1v) is 7.03. The Hall–Kier alpha value is -1.82. The van der Waals surface area contributed by atoms with E-state index >= 15 is 0 Å². The van der Waals surface area contributed by atoms with Crippen LogP contribution >= 0.6 is 11.3 Å². The van der Waals surface area contributed by atoms with Crippen LogP contribution < -0.4 is 5.32 Å². The summed E-state index contributed by atoms with van der Waals surface area (Å²) in [7, 11) is 0. The average Bonchev–Trinajstić information content (AvgIpc) is 3.13. The molecule has 1 amide bonds. The van der Waals surface area contributed by atoms with E-state index in [1.807, 2.05) is 13.8 Å². The predicted molar refractivity (Wildman–Crippen MR) is 73.5 cm³/mol. The Kier molecular flexibility index (Phi) is 3.02. The van der Waals surface area contributed by atoms with E-state index in [9.17, 15) is 4.79 Å². The van der Waals surface area contributed by atoms with Crippen LogP contribution in [0.4, 0.5) is 5.13 Å². The lowest BCUT2D eigenvalue weighted by Crippen LogP contribution is -2.15. The molecule has 5 nitrogen and oxygen atoms in total. The van der Waals surface area contributed by atoms with Gasteiger partial charge in [0.05, 0.1) is 0 Å². The van der Waals surface area contributed by atoms with E-state index in [1.54, 1.807) is 12.3 Å². The van der Waals surface area contributed by atoms with Gasteiger partial charge in [0.15, 0.2) is 5.13 Å². The maximum atomic E-state index is 12.1. The first-order valence-electron chi connectivity index (χ1n) is 6.21. The van der Waals surface area contributed by atoms with E-state index in [2.05, 4.69) is 20.3 Å². The van der Waals surface area contributed by atoms with Crippen molar-refractivity contribution in [2.45, 2.75) is 32.6 Å². The Morgan fingerprint density at radius 3 is 2.79 bits per heavy atom. The van der Waals surface area contributed by atoms with Crippen LogP contribution in [0, 0.1) is 13.8 Å². The molecule has 0 aromatic carbocycles. The third kappa shape index (κ3) is 2.78. The second-order valence-corrected chi connectivity index (χ2v) is 5.99. The van der Waals surface area contributed by atoms with Crippen molar-refractivity contribution in [3.8, 4) is 0 Å². The van der Waals surface area contributed by atoms with Gasteiger partial charge in [0.25, 0.3) is 5.91 Å². The third-order valence-electron chi connectivity index (χ3n) is 2.89. The topological polar surface area (TPSA) is 67.8 Å².